The van der Waals surface area contributed by atoms with Crippen molar-refractivity contribution in [3.8, 4) is 17.2 Å². The highest BCUT2D eigenvalue weighted by molar-refractivity contribution is 9.09. The smallest absolute Gasteiger partial charge is 0.254 e. The van der Waals surface area contributed by atoms with E-state index in [1.807, 2.05) is 0 Å². The van der Waals surface area contributed by atoms with Crippen LogP contribution in [0, 0.1) is 17.8 Å². The lowest BCUT2D eigenvalue weighted by Gasteiger charge is -2.51. The molecule has 2 heterocycles. The Labute approximate surface area is 231 Å². The van der Waals surface area contributed by atoms with Gasteiger partial charge in [-0.3, -0.25) is 29.0 Å². The number of alkyl halides is 3. The number of rotatable bonds is 5. The molecule has 6 atom stereocenters. The van der Waals surface area contributed by atoms with E-state index in [4.69, 9.17) is 32.7 Å². The molecule has 2 aliphatic carbocycles. The molecule has 0 unspecified atom stereocenters. The van der Waals surface area contributed by atoms with E-state index in [0.29, 0.717) is 11.3 Å². The van der Waals surface area contributed by atoms with Gasteiger partial charge in [-0.05, 0) is 25.7 Å². The topological polar surface area (TPSA) is 113 Å². The van der Waals surface area contributed by atoms with Crippen LogP contribution in [0.2, 0.25) is 0 Å². The summed E-state index contributed by atoms with van der Waals surface area (Å²) >= 11 is 17.5. The molecular weight excluding hydrogens is 591 g/mol. The number of aromatic hydroxyl groups is 1. The number of amides is 4. The fourth-order valence-corrected chi connectivity index (χ4v) is 8.02. The monoisotopic (exact) mass is 614 g/mol. The van der Waals surface area contributed by atoms with E-state index in [0.717, 1.165) is 4.90 Å². The highest BCUT2D eigenvalue weighted by Gasteiger charge is 2.76. The zero-order chi connectivity index (χ0) is 27.0. The maximum absolute atomic E-state index is 13.8. The largest absolute Gasteiger partial charge is 0.507 e. The van der Waals surface area contributed by atoms with Crippen LogP contribution in [-0.4, -0.2) is 74.5 Å². The lowest BCUT2D eigenvalue weighted by atomic mass is 9.56. The van der Waals surface area contributed by atoms with Gasteiger partial charge in [-0.25, -0.2) is 0 Å². The minimum absolute atomic E-state index is 0.120. The van der Waals surface area contributed by atoms with Crippen molar-refractivity contribution in [2.45, 2.75) is 35.4 Å². The lowest BCUT2D eigenvalue weighted by Crippen LogP contribution is -2.60. The molecule has 9 nitrogen and oxygen atoms in total. The van der Waals surface area contributed by atoms with Crippen LogP contribution in [0.4, 0.5) is 0 Å². The van der Waals surface area contributed by atoms with Gasteiger partial charge in [0.1, 0.15) is 17.2 Å². The number of phenols is 1. The van der Waals surface area contributed by atoms with Crippen molar-refractivity contribution in [2.24, 2.45) is 17.8 Å². The molecule has 12 heteroatoms. The molecule has 1 aromatic carbocycles. The maximum Gasteiger partial charge on any atom is 0.254 e. The van der Waals surface area contributed by atoms with E-state index in [-0.39, 0.29) is 53.7 Å². The molecule has 2 saturated heterocycles. The summed E-state index contributed by atoms with van der Waals surface area (Å²) in [6, 6.07) is 2.89. The number of nitrogens with zero attached hydrogens (tertiary/aromatic N) is 2. The summed E-state index contributed by atoms with van der Waals surface area (Å²) in [6.45, 7) is 1.95. The van der Waals surface area contributed by atoms with Gasteiger partial charge >= 0.3 is 0 Å². The standard InChI is InChI=1S/C25H25BrCl2N2O7/c1-4-29-20(32)13-6-5-12-14(17(13)21(29)33)9-24(27)22(34)30(10-26)23(35)25(24,28)19(12)18-15(31)7-11(36-2)8-16(18)37-3/h5,7-8,13-14,17,19,31H,4,6,9-10H2,1-3H3/t13-,14+,17-,19+,24+,25-/m0/s1. The number of carbonyl (C=O) groups excluding carboxylic acids is 4. The van der Waals surface area contributed by atoms with Crippen molar-refractivity contribution in [1.29, 1.82) is 0 Å². The van der Waals surface area contributed by atoms with Crippen molar-refractivity contribution >= 4 is 62.8 Å². The summed E-state index contributed by atoms with van der Waals surface area (Å²) in [4.78, 5) is 52.1. The zero-order valence-electron chi connectivity index (χ0n) is 20.3. The van der Waals surface area contributed by atoms with Gasteiger partial charge in [0.2, 0.25) is 11.8 Å². The Morgan fingerprint density at radius 3 is 2.35 bits per heavy atom. The van der Waals surface area contributed by atoms with E-state index in [9.17, 15) is 24.3 Å². The first-order valence-electron chi connectivity index (χ1n) is 11.8. The Bertz CT molecular complexity index is 1270. The number of allylic oxidation sites excluding steroid dienone is 2. The number of imide groups is 2. The number of carbonyl (C=O) groups is 4. The van der Waals surface area contributed by atoms with Crippen molar-refractivity contribution < 1.29 is 33.8 Å². The number of ether oxygens (including phenoxy) is 2. The lowest BCUT2D eigenvalue weighted by molar-refractivity contribution is -0.141. The van der Waals surface area contributed by atoms with Crippen LogP contribution >= 0.6 is 39.1 Å². The molecule has 0 radical (unpaired) electrons. The summed E-state index contributed by atoms with van der Waals surface area (Å²) < 4.78 is 10.8. The maximum atomic E-state index is 13.8. The summed E-state index contributed by atoms with van der Waals surface area (Å²) in [6.07, 6.45) is 1.93. The van der Waals surface area contributed by atoms with Gasteiger partial charge in [-0.15, -0.1) is 23.2 Å². The summed E-state index contributed by atoms with van der Waals surface area (Å²) in [5, 5.41) is 11.2. The average molecular weight is 616 g/mol. The van der Waals surface area contributed by atoms with Gasteiger partial charge in [0.15, 0.2) is 9.75 Å². The van der Waals surface area contributed by atoms with Crippen molar-refractivity contribution in [3.05, 3.63) is 29.3 Å². The third-order valence-electron chi connectivity index (χ3n) is 8.26. The van der Waals surface area contributed by atoms with Crippen molar-refractivity contribution in [2.75, 3.05) is 26.2 Å². The van der Waals surface area contributed by atoms with E-state index >= 15 is 0 Å². The minimum atomic E-state index is -2.04. The highest BCUT2D eigenvalue weighted by Crippen LogP contribution is 2.67. The molecule has 4 aliphatic rings. The molecule has 4 amide bonds. The number of likely N-dealkylation sites (tertiary alicyclic amines) is 2. The van der Waals surface area contributed by atoms with E-state index in [1.54, 1.807) is 13.0 Å². The van der Waals surface area contributed by atoms with Crippen LogP contribution < -0.4 is 9.47 Å². The molecule has 0 aromatic heterocycles. The van der Waals surface area contributed by atoms with Crippen LogP contribution in [0.1, 0.15) is 31.2 Å². The minimum Gasteiger partial charge on any atom is -0.507 e. The Kier molecular flexibility index (Phi) is 6.32. The third-order valence-corrected chi connectivity index (χ3v) is 10.2. The molecule has 37 heavy (non-hydrogen) atoms. The second-order valence-electron chi connectivity index (χ2n) is 9.67. The quantitative estimate of drug-likeness (QED) is 0.234. The Hall–Kier alpha value is -2.30. The first-order chi connectivity index (χ1) is 17.5. The molecule has 3 fully saturated rings. The van der Waals surface area contributed by atoms with E-state index in [2.05, 4.69) is 15.9 Å². The number of hydrogen-bond donors (Lipinski definition) is 1. The van der Waals surface area contributed by atoms with Gasteiger partial charge in [0.05, 0.1) is 31.5 Å². The molecule has 1 N–H and O–H groups in total. The van der Waals surface area contributed by atoms with E-state index in [1.165, 1.54) is 31.3 Å². The fraction of sp³-hybridized carbons (Fsp3) is 0.520. The predicted molar refractivity (Wildman–Crippen MR) is 137 cm³/mol. The second kappa shape index (κ2) is 8.88. The van der Waals surface area contributed by atoms with Gasteiger partial charge < -0.3 is 14.6 Å². The summed E-state index contributed by atoms with van der Waals surface area (Å²) in [5.74, 6) is -5.00. The number of hydrogen-bond acceptors (Lipinski definition) is 7. The number of fused-ring (bicyclic) bond motifs is 4. The summed E-state index contributed by atoms with van der Waals surface area (Å²) in [7, 11) is 2.82. The SMILES string of the molecule is CCN1C(=O)[C@H]2[C@H](CC=C3[C@H]2C[C@@]2(Cl)C(=O)N(CBr)C(=O)[C@@]2(Cl)[C@H]3c2c(O)cc(OC)cc2OC)C1=O. The molecule has 1 aromatic rings. The number of halogens is 3. The first kappa shape index (κ1) is 26.3. The highest BCUT2D eigenvalue weighted by atomic mass is 79.9. The molecule has 5 rings (SSSR count). The number of methoxy groups -OCH3 is 2. The Balaban J connectivity index is 1.79. The van der Waals surface area contributed by atoms with Gasteiger partial charge in [0, 0.05) is 30.2 Å². The molecule has 1 saturated carbocycles. The Morgan fingerprint density at radius 1 is 1.05 bits per heavy atom. The fourth-order valence-electron chi connectivity index (χ4n) is 6.61. The molecular formula is C25H25BrCl2N2O7. The number of phenolic OH excluding ortho intramolecular Hbond substituents is 1. The molecule has 2 aliphatic heterocycles. The van der Waals surface area contributed by atoms with Gasteiger partial charge in [-0.1, -0.05) is 27.6 Å². The summed E-state index contributed by atoms with van der Waals surface area (Å²) in [5.41, 5.74) is 0.588. The van der Waals surface area contributed by atoms with Crippen LogP contribution in [-0.2, 0) is 19.2 Å². The number of benzene rings is 1. The average Bonchev–Trinajstić information content (AvgIpc) is 3.21. The van der Waals surface area contributed by atoms with E-state index < -0.39 is 45.2 Å². The van der Waals surface area contributed by atoms with Crippen LogP contribution in [0.3, 0.4) is 0 Å². The predicted octanol–water partition coefficient (Wildman–Crippen LogP) is 3.14. The van der Waals surface area contributed by atoms with Gasteiger partial charge in [-0.2, -0.15) is 0 Å². The Morgan fingerprint density at radius 2 is 1.76 bits per heavy atom. The molecule has 198 valence electrons. The second-order valence-corrected chi connectivity index (χ2v) is 11.4. The van der Waals surface area contributed by atoms with Crippen LogP contribution in [0.15, 0.2) is 23.8 Å². The van der Waals surface area contributed by atoms with Crippen LogP contribution in [0.5, 0.6) is 17.2 Å². The third kappa shape index (κ3) is 3.21. The molecule has 0 spiro atoms. The van der Waals surface area contributed by atoms with Crippen LogP contribution in [0.25, 0.3) is 0 Å². The zero-order valence-corrected chi connectivity index (χ0v) is 23.4. The van der Waals surface area contributed by atoms with Crippen molar-refractivity contribution in [3.63, 3.8) is 0 Å². The van der Waals surface area contributed by atoms with Gasteiger partial charge in [0.25, 0.3) is 11.8 Å². The van der Waals surface area contributed by atoms with Crippen molar-refractivity contribution in [1.82, 2.24) is 9.80 Å². The normalized spacial score (nSPS) is 34.8. The first-order valence-corrected chi connectivity index (χ1v) is 13.7. The molecule has 0 bridgehead atoms.